The number of unbranched alkanes of at least 4 members (excludes halogenated alkanes) is 38. The molecule has 77 heavy (non-hydrogen) atoms. The zero-order valence-corrected chi connectivity index (χ0v) is 49.7. The van der Waals surface area contributed by atoms with Crippen molar-refractivity contribution < 1.29 is 58.2 Å². The number of carbonyl (C=O) groups is 4. The minimum Gasteiger partial charge on any atom is -0.479 e. The predicted molar refractivity (Wildman–Crippen MR) is 313 cm³/mol. The van der Waals surface area contributed by atoms with Gasteiger partial charge in [-0.05, 0) is 70.6 Å². The summed E-state index contributed by atoms with van der Waals surface area (Å²) in [5.74, 6) is -3.11. The molecule has 0 bridgehead atoms. The standard InChI is InChI=1S/C65H118O12/c1-4-7-10-13-16-19-22-25-27-28-29-30-32-35-38-41-44-47-50-53-59(68)76-63-61(70)60(69)62(64(71)72)77-65(63)74-55-56(75-58(67)52-49-46-43-40-37-33-24-21-18-15-12-9-6-3)54-73-57(66)51-48-45-42-39-36-34-31-26-23-20-17-14-11-8-5-2/h21,24,26,31,56,60-63,65,69-70H,4-20,22-23,25,27-30,32-55H2,1-3H3,(H,71,72)/b24-21-,31-26-. The maximum Gasteiger partial charge on any atom is 0.335 e. The monoisotopic (exact) mass is 1090 g/mol. The lowest BCUT2D eigenvalue weighted by Crippen LogP contribution is -2.61. The molecule has 1 rings (SSSR count). The number of hydrogen-bond donors (Lipinski definition) is 3. The maximum atomic E-state index is 13.1. The van der Waals surface area contributed by atoms with Crippen molar-refractivity contribution >= 4 is 23.9 Å². The summed E-state index contributed by atoms with van der Waals surface area (Å²) >= 11 is 0. The molecular formula is C65H118O12. The van der Waals surface area contributed by atoms with Crippen molar-refractivity contribution in [2.45, 2.75) is 353 Å². The lowest BCUT2D eigenvalue weighted by molar-refractivity contribution is -0.301. The van der Waals surface area contributed by atoms with Crippen molar-refractivity contribution in [3.63, 3.8) is 0 Å². The molecule has 450 valence electrons. The van der Waals surface area contributed by atoms with Crippen LogP contribution in [0.4, 0.5) is 0 Å². The first-order chi connectivity index (χ1) is 37.6. The number of aliphatic hydroxyl groups excluding tert-OH is 2. The molecule has 1 heterocycles. The predicted octanol–water partition coefficient (Wildman–Crippen LogP) is 17.0. The van der Waals surface area contributed by atoms with E-state index in [1.165, 1.54) is 161 Å². The Morgan fingerprint density at radius 1 is 0.416 bits per heavy atom. The Balaban J connectivity index is 2.63. The zero-order chi connectivity index (χ0) is 56.1. The highest BCUT2D eigenvalue weighted by Gasteiger charge is 2.50. The number of carboxylic acids is 1. The molecule has 12 heteroatoms. The van der Waals surface area contributed by atoms with Gasteiger partial charge in [0, 0.05) is 19.3 Å². The lowest BCUT2D eigenvalue weighted by Gasteiger charge is -2.40. The largest absolute Gasteiger partial charge is 0.479 e. The SMILES string of the molecule is CCCCCC/C=C\CCCCCCCC(=O)OC(COC(=O)CCCCCCC/C=C\CCCCCCCC)COC1OC(C(=O)O)C(O)C(O)C1OC(=O)CCCCCCCCCCCCCCCCCCCCC. The van der Waals surface area contributed by atoms with Gasteiger partial charge in [-0.15, -0.1) is 0 Å². The fourth-order valence-electron chi connectivity index (χ4n) is 10.0. The van der Waals surface area contributed by atoms with Gasteiger partial charge in [0.2, 0.25) is 0 Å². The number of carbonyl (C=O) groups excluding carboxylic acids is 3. The molecule has 1 aliphatic rings. The van der Waals surface area contributed by atoms with Crippen molar-refractivity contribution in [2.24, 2.45) is 0 Å². The molecule has 0 amide bonds. The molecule has 0 aliphatic carbocycles. The van der Waals surface area contributed by atoms with Crippen molar-refractivity contribution in [3.8, 4) is 0 Å². The Kier molecular flexibility index (Phi) is 50.5. The molecule has 1 saturated heterocycles. The van der Waals surface area contributed by atoms with Gasteiger partial charge < -0.3 is 39.0 Å². The van der Waals surface area contributed by atoms with Gasteiger partial charge in [0.25, 0.3) is 0 Å². The molecule has 0 aromatic carbocycles. The smallest absolute Gasteiger partial charge is 0.335 e. The van der Waals surface area contributed by atoms with E-state index in [0.717, 1.165) is 96.3 Å². The maximum absolute atomic E-state index is 13.1. The van der Waals surface area contributed by atoms with Gasteiger partial charge >= 0.3 is 23.9 Å². The van der Waals surface area contributed by atoms with Crippen LogP contribution in [0, 0.1) is 0 Å². The zero-order valence-electron chi connectivity index (χ0n) is 49.7. The van der Waals surface area contributed by atoms with E-state index in [9.17, 15) is 34.5 Å². The van der Waals surface area contributed by atoms with Crippen LogP contribution in [-0.2, 0) is 42.9 Å². The summed E-state index contributed by atoms with van der Waals surface area (Å²) in [4.78, 5) is 51.2. The van der Waals surface area contributed by atoms with Crippen LogP contribution in [0.1, 0.15) is 316 Å². The second kappa shape index (κ2) is 53.8. The molecule has 6 atom stereocenters. The van der Waals surface area contributed by atoms with E-state index in [-0.39, 0.29) is 25.9 Å². The second-order valence-electron chi connectivity index (χ2n) is 22.4. The number of esters is 3. The Hall–Kier alpha value is -2.80. The third-order valence-electron chi connectivity index (χ3n) is 15.0. The average Bonchev–Trinajstić information content (AvgIpc) is 3.42. The Bertz CT molecular complexity index is 1430. The minimum absolute atomic E-state index is 0.0659. The van der Waals surface area contributed by atoms with E-state index < -0.39 is 67.3 Å². The second-order valence-corrected chi connectivity index (χ2v) is 22.4. The van der Waals surface area contributed by atoms with Gasteiger partial charge in [0.15, 0.2) is 24.6 Å². The Morgan fingerprint density at radius 2 is 0.740 bits per heavy atom. The van der Waals surface area contributed by atoms with Gasteiger partial charge in [-0.1, -0.05) is 251 Å². The summed E-state index contributed by atoms with van der Waals surface area (Å²) in [5.41, 5.74) is 0. The molecule has 0 aromatic heterocycles. The van der Waals surface area contributed by atoms with Gasteiger partial charge in [0.05, 0.1) is 6.61 Å². The molecule has 1 fully saturated rings. The van der Waals surface area contributed by atoms with Gasteiger partial charge in [-0.2, -0.15) is 0 Å². The van der Waals surface area contributed by atoms with Crippen LogP contribution in [0.25, 0.3) is 0 Å². The number of allylic oxidation sites excluding steroid dienone is 4. The van der Waals surface area contributed by atoms with Crippen LogP contribution < -0.4 is 0 Å². The number of carboxylic acid groups (broad SMARTS) is 1. The topological polar surface area (TPSA) is 175 Å². The van der Waals surface area contributed by atoms with E-state index in [0.29, 0.717) is 19.3 Å². The molecule has 0 saturated carbocycles. The Labute approximate surface area is 470 Å². The molecule has 12 nitrogen and oxygen atoms in total. The Morgan fingerprint density at radius 3 is 1.12 bits per heavy atom. The molecule has 0 aromatic rings. The van der Waals surface area contributed by atoms with E-state index >= 15 is 0 Å². The summed E-state index contributed by atoms with van der Waals surface area (Å²) in [6, 6.07) is 0. The number of rotatable bonds is 56. The lowest BCUT2D eigenvalue weighted by atomic mass is 9.98. The number of aliphatic hydroxyl groups is 2. The third-order valence-corrected chi connectivity index (χ3v) is 15.0. The number of aliphatic carboxylic acids is 1. The minimum atomic E-state index is -1.90. The van der Waals surface area contributed by atoms with Gasteiger partial charge in [-0.3, -0.25) is 14.4 Å². The molecule has 1 aliphatic heterocycles. The van der Waals surface area contributed by atoms with E-state index in [1.807, 2.05) is 0 Å². The summed E-state index contributed by atoms with van der Waals surface area (Å²) in [5, 5.41) is 31.6. The van der Waals surface area contributed by atoms with Gasteiger partial charge in [0.1, 0.15) is 18.8 Å². The highest BCUT2D eigenvalue weighted by molar-refractivity contribution is 5.74. The molecule has 0 radical (unpaired) electrons. The quantitative estimate of drug-likeness (QED) is 0.0228. The van der Waals surface area contributed by atoms with Crippen molar-refractivity contribution in [2.75, 3.05) is 13.2 Å². The van der Waals surface area contributed by atoms with E-state index in [1.54, 1.807) is 0 Å². The van der Waals surface area contributed by atoms with Crippen LogP contribution in [0.5, 0.6) is 0 Å². The van der Waals surface area contributed by atoms with Crippen molar-refractivity contribution in [1.82, 2.24) is 0 Å². The number of hydrogen-bond acceptors (Lipinski definition) is 11. The normalized spacial score (nSPS) is 18.1. The fraction of sp³-hybridized carbons (Fsp3) is 0.877. The van der Waals surface area contributed by atoms with Crippen LogP contribution in [0.15, 0.2) is 24.3 Å². The molecule has 6 unspecified atom stereocenters. The first-order valence-electron chi connectivity index (χ1n) is 32.3. The first kappa shape index (κ1) is 72.2. The van der Waals surface area contributed by atoms with Gasteiger partial charge in [-0.25, -0.2) is 4.79 Å². The summed E-state index contributed by atoms with van der Waals surface area (Å²) in [7, 11) is 0. The third kappa shape index (κ3) is 43.7. The van der Waals surface area contributed by atoms with Crippen molar-refractivity contribution in [1.29, 1.82) is 0 Å². The van der Waals surface area contributed by atoms with E-state index in [2.05, 4.69) is 45.1 Å². The molecule has 0 spiro atoms. The van der Waals surface area contributed by atoms with Crippen LogP contribution in [-0.4, -0.2) is 89.2 Å². The van der Waals surface area contributed by atoms with Crippen LogP contribution in [0.2, 0.25) is 0 Å². The molecular weight excluding hydrogens is 973 g/mol. The molecule has 3 N–H and O–H groups in total. The fourth-order valence-corrected chi connectivity index (χ4v) is 10.0. The van der Waals surface area contributed by atoms with Crippen molar-refractivity contribution in [3.05, 3.63) is 24.3 Å². The summed E-state index contributed by atoms with van der Waals surface area (Å²) in [6.07, 6.45) is 50.0. The summed E-state index contributed by atoms with van der Waals surface area (Å²) in [6.45, 7) is 6.01. The first-order valence-corrected chi connectivity index (χ1v) is 32.3. The van der Waals surface area contributed by atoms with Crippen LogP contribution >= 0.6 is 0 Å². The highest BCUT2D eigenvalue weighted by atomic mass is 16.7. The number of ether oxygens (including phenoxy) is 5. The summed E-state index contributed by atoms with van der Waals surface area (Å²) < 4.78 is 28.5. The van der Waals surface area contributed by atoms with E-state index in [4.69, 9.17) is 23.7 Å². The van der Waals surface area contributed by atoms with Crippen LogP contribution in [0.3, 0.4) is 0 Å². The highest BCUT2D eigenvalue weighted by Crippen LogP contribution is 2.27. The average molecular weight is 1090 g/mol.